The standard InChI is InChI=1S/C20H25F2NO3/c1-2-16(15-8-3-4-9-17(15)26-20(21)22)23-19(25)14-10-12-6-5-7-13(11-14)18(12)24/h3-4,8-9,12-14,16,20H,2,5-7,10-11H2,1H3,(H,23,25)/t12-,13+,14?,16-/m1/s1. The van der Waals surface area contributed by atoms with Crippen LogP contribution in [0.25, 0.3) is 0 Å². The zero-order valence-corrected chi connectivity index (χ0v) is 14.9. The molecule has 0 saturated heterocycles. The lowest BCUT2D eigenvalue weighted by molar-refractivity contribution is -0.138. The van der Waals surface area contributed by atoms with Crippen LogP contribution < -0.4 is 10.1 Å². The van der Waals surface area contributed by atoms with E-state index in [1.807, 2.05) is 6.92 Å². The summed E-state index contributed by atoms with van der Waals surface area (Å²) >= 11 is 0. The van der Waals surface area contributed by atoms with E-state index >= 15 is 0 Å². The number of benzene rings is 1. The molecule has 0 aromatic heterocycles. The molecule has 4 atom stereocenters. The number of Topliss-reactive ketones (excluding diaryl/α,β-unsaturated/α-hetero) is 1. The highest BCUT2D eigenvalue weighted by molar-refractivity contribution is 5.88. The van der Waals surface area contributed by atoms with Crippen molar-refractivity contribution in [3.05, 3.63) is 29.8 Å². The molecule has 1 unspecified atom stereocenters. The molecule has 1 N–H and O–H groups in total. The number of nitrogens with one attached hydrogen (secondary N) is 1. The number of halogens is 2. The smallest absolute Gasteiger partial charge is 0.387 e. The van der Waals surface area contributed by atoms with Crippen LogP contribution in [0.4, 0.5) is 8.78 Å². The predicted molar refractivity (Wildman–Crippen MR) is 92.8 cm³/mol. The van der Waals surface area contributed by atoms with Gasteiger partial charge in [0, 0.05) is 23.3 Å². The molecule has 0 aliphatic heterocycles. The van der Waals surface area contributed by atoms with E-state index in [0.29, 0.717) is 30.6 Å². The second kappa shape index (κ2) is 8.14. The normalized spacial score (nSPS) is 26.5. The highest BCUT2D eigenvalue weighted by Crippen LogP contribution is 2.40. The van der Waals surface area contributed by atoms with Gasteiger partial charge in [0.25, 0.3) is 0 Å². The number of amides is 1. The van der Waals surface area contributed by atoms with Crippen LogP contribution in [-0.2, 0) is 9.59 Å². The number of alkyl halides is 2. The maximum Gasteiger partial charge on any atom is 0.387 e. The molecule has 2 saturated carbocycles. The maximum absolute atomic E-state index is 12.8. The summed E-state index contributed by atoms with van der Waals surface area (Å²) in [5.41, 5.74) is 0.552. The van der Waals surface area contributed by atoms with Crippen LogP contribution in [0.1, 0.15) is 57.1 Å². The predicted octanol–water partition coefficient (Wildman–Crippen LogP) is 4.25. The third-order valence-corrected chi connectivity index (χ3v) is 5.65. The summed E-state index contributed by atoms with van der Waals surface area (Å²) in [7, 11) is 0. The molecule has 1 amide bonds. The van der Waals surface area contributed by atoms with Gasteiger partial charge in [-0.05, 0) is 38.2 Å². The summed E-state index contributed by atoms with van der Waals surface area (Å²) in [6.45, 7) is -1.02. The second-order valence-corrected chi connectivity index (χ2v) is 7.28. The monoisotopic (exact) mass is 365 g/mol. The van der Waals surface area contributed by atoms with Crippen LogP contribution in [0.15, 0.2) is 24.3 Å². The highest BCUT2D eigenvalue weighted by atomic mass is 19.3. The van der Waals surface area contributed by atoms with Crippen molar-refractivity contribution in [2.75, 3.05) is 0 Å². The minimum atomic E-state index is -2.91. The van der Waals surface area contributed by atoms with Gasteiger partial charge >= 0.3 is 6.61 Å². The Hall–Kier alpha value is -1.98. The Kier molecular flexibility index (Phi) is 5.89. The van der Waals surface area contributed by atoms with E-state index in [-0.39, 0.29) is 29.4 Å². The third kappa shape index (κ3) is 4.05. The Balaban J connectivity index is 1.71. The van der Waals surface area contributed by atoms with Crippen molar-refractivity contribution in [1.82, 2.24) is 5.32 Å². The number of ether oxygens (including phenoxy) is 1. The molecule has 3 rings (SSSR count). The molecule has 0 heterocycles. The molecule has 2 aliphatic carbocycles. The minimum absolute atomic E-state index is 0.00720. The van der Waals surface area contributed by atoms with Crippen molar-refractivity contribution in [3.63, 3.8) is 0 Å². The molecule has 1 aromatic rings. The van der Waals surface area contributed by atoms with E-state index in [4.69, 9.17) is 0 Å². The van der Waals surface area contributed by atoms with Gasteiger partial charge in [0.05, 0.1) is 6.04 Å². The van der Waals surface area contributed by atoms with Crippen molar-refractivity contribution in [3.8, 4) is 5.75 Å². The van der Waals surface area contributed by atoms with Crippen molar-refractivity contribution < 1.29 is 23.1 Å². The highest BCUT2D eigenvalue weighted by Gasteiger charge is 2.41. The van der Waals surface area contributed by atoms with Gasteiger partial charge < -0.3 is 10.1 Å². The summed E-state index contributed by atoms with van der Waals surface area (Å²) in [6.07, 6.45) is 4.58. The van der Waals surface area contributed by atoms with E-state index in [0.717, 1.165) is 19.3 Å². The Bertz CT molecular complexity index is 648. The first-order chi connectivity index (χ1) is 12.5. The summed E-state index contributed by atoms with van der Waals surface area (Å²) in [6, 6.07) is 6.16. The van der Waals surface area contributed by atoms with Gasteiger partial charge in [0.1, 0.15) is 11.5 Å². The molecule has 4 nitrogen and oxygen atoms in total. The van der Waals surface area contributed by atoms with Gasteiger partial charge in [-0.25, -0.2) is 0 Å². The molecular formula is C20H25F2NO3. The summed E-state index contributed by atoms with van der Waals surface area (Å²) in [5, 5.41) is 3.00. The van der Waals surface area contributed by atoms with Gasteiger partial charge in [-0.15, -0.1) is 0 Å². The van der Waals surface area contributed by atoms with Crippen LogP contribution in [0.2, 0.25) is 0 Å². The van der Waals surface area contributed by atoms with E-state index in [9.17, 15) is 18.4 Å². The van der Waals surface area contributed by atoms with E-state index in [1.165, 1.54) is 6.07 Å². The van der Waals surface area contributed by atoms with Crippen LogP contribution in [-0.4, -0.2) is 18.3 Å². The Morgan fingerprint density at radius 3 is 2.50 bits per heavy atom. The summed E-state index contributed by atoms with van der Waals surface area (Å²) in [4.78, 5) is 25.0. The van der Waals surface area contributed by atoms with Crippen LogP contribution in [0.5, 0.6) is 5.75 Å². The van der Waals surface area contributed by atoms with E-state index in [1.54, 1.807) is 18.2 Å². The van der Waals surface area contributed by atoms with Gasteiger partial charge in [-0.2, -0.15) is 8.78 Å². The molecule has 1 aromatic carbocycles. The topological polar surface area (TPSA) is 55.4 Å². The first kappa shape index (κ1) is 18.8. The fourth-order valence-electron chi connectivity index (χ4n) is 4.35. The SMILES string of the molecule is CC[C@@H](NC(=O)C1C[C@H]2CCC[C@@H](C1)C2=O)c1ccccc1OC(F)F. The Morgan fingerprint density at radius 1 is 1.23 bits per heavy atom. The van der Waals surface area contributed by atoms with Crippen LogP contribution in [0, 0.1) is 17.8 Å². The lowest BCUT2D eigenvalue weighted by atomic mass is 9.67. The minimum Gasteiger partial charge on any atom is -0.434 e. The molecule has 2 bridgehead atoms. The molecule has 6 heteroatoms. The molecular weight excluding hydrogens is 340 g/mol. The first-order valence-electron chi connectivity index (χ1n) is 9.37. The molecule has 142 valence electrons. The van der Waals surface area contributed by atoms with Gasteiger partial charge in [0.2, 0.25) is 5.91 Å². The van der Waals surface area contributed by atoms with Crippen molar-refractivity contribution in [2.24, 2.45) is 17.8 Å². The number of rotatable bonds is 6. The number of para-hydroxylation sites is 1. The number of hydrogen-bond donors (Lipinski definition) is 1. The lowest BCUT2D eigenvalue weighted by Gasteiger charge is -2.37. The third-order valence-electron chi connectivity index (χ3n) is 5.65. The molecule has 2 aliphatic rings. The van der Waals surface area contributed by atoms with Gasteiger partial charge in [-0.1, -0.05) is 31.5 Å². The summed E-state index contributed by atoms with van der Waals surface area (Å²) < 4.78 is 29.9. The molecule has 0 radical (unpaired) electrons. The molecule has 26 heavy (non-hydrogen) atoms. The average Bonchev–Trinajstić information content (AvgIpc) is 2.59. The molecule has 0 spiro atoms. The number of carbonyl (C=O) groups is 2. The van der Waals surface area contributed by atoms with E-state index < -0.39 is 12.7 Å². The zero-order chi connectivity index (χ0) is 18.7. The molecule has 2 fully saturated rings. The first-order valence-corrected chi connectivity index (χ1v) is 9.37. The van der Waals surface area contributed by atoms with E-state index in [2.05, 4.69) is 10.1 Å². The lowest BCUT2D eigenvalue weighted by Crippen LogP contribution is -2.43. The van der Waals surface area contributed by atoms with Crippen LogP contribution in [0.3, 0.4) is 0 Å². The fraction of sp³-hybridized carbons (Fsp3) is 0.600. The quantitative estimate of drug-likeness (QED) is 0.820. The van der Waals surface area contributed by atoms with Gasteiger partial charge in [0.15, 0.2) is 0 Å². The van der Waals surface area contributed by atoms with Crippen molar-refractivity contribution in [1.29, 1.82) is 0 Å². The number of hydrogen-bond acceptors (Lipinski definition) is 3. The van der Waals surface area contributed by atoms with Crippen molar-refractivity contribution >= 4 is 11.7 Å². The fourth-order valence-corrected chi connectivity index (χ4v) is 4.35. The number of ketones is 1. The number of fused-ring (bicyclic) bond motifs is 2. The Morgan fingerprint density at radius 2 is 1.88 bits per heavy atom. The largest absolute Gasteiger partial charge is 0.434 e. The Labute approximate surface area is 152 Å². The van der Waals surface area contributed by atoms with Crippen LogP contribution >= 0.6 is 0 Å². The van der Waals surface area contributed by atoms with Gasteiger partial charge in [-0.3, -0.25) is 9.59 Å². The number of carbonyl (C=O) groups excluding carboxylic acids is 2. The zero-order valence-electron chi connectivity index (χ0n) is 14.9. The maximum atomic E-state index is 12.8. The van der Waals surface area contributed by atoms with Crippen molar-refractivity contribution in [2.45, 2.75) is 58.1 Å². The second-order valence-electron chi connectivity index (χ2n) is 7.28. The average molecular weight is 365 g/mol. The summed E-state index contributed by atoms with van der Waals surface area (Å²) in [5.74, 6) is 0.155.